The predicted molar refractivity (Wildman–Crippen MR) is 83.6 cm³/mol. The third kappa shape index (κ3) is 5.39. The number of carboxylic acid groups (broad SMARTS) is 1. The van der Waals surface area contributed by atoms with Crippen molar-refractivity contribution in [2.24, 2.45) is 0 Å². The zero-order valence-corrected chi connectivity index (χ0v) is 13.9. The van der Waals surface area contributed by atoms with E-state index in [4.69, 9.17) is 5.11 Å². The molecule has 0 saturated heterocycles. The van der Waals surface area contributed by atoms with E-state index in [0.29, 0.717) is 15.9 Å². The second kappa shape index (κ2) is 8.04. The Balaban J connectivity index is 2.72. The van der Waals surface area contributed by atoms with Crippen LogP contribution in [0, 0.1) is 0 Å². The lowest BCUT2D eigenvalue weighted by Gasteiger charge is -2.12. The van der Waals surface area contributed by atoms with Gasteiger partial charge in [0, 0.05) is 15.9 Å². The van der Waals surface area contributed by atoms with Crippen molar-refractivity contribution in [1.29, 1.82) is 0 Å². The molecule has 1 aromatic rings. The number of rotatable bonds is 5. The maximum absolute atomic E-state index is 11.8. The molecule has 0 spiro atoms. The smallest absolute Gasteiger partial charge is 0.336 e. The lowest BCUT2D eigenvalue weighted by molar-refractivity contribution is -0.119. The molecule has 21 heavy (non-hydrogen) atoms. The summed E-state index contributed by atoms with van der Waals surface area (Å²) in [6, 6.07) is 4.25. The molecule has 0 aromatic heterocycles. The second-order valence-corrected chi connectivity index (χ2v) is 6.32. The molecule has 3 amide bonds. The number of carboxylic acids is 1. The van der Waals surface area contributed by atoms with E-state index in [2.05, 4.69) is 26.6 Å². The van der Waals surface area contributed by atoms with Gasteiger partial charge in [-0.1, -0.05) is 0 Å². The van der Waals surface area contributed by atoms with Crippen LogP contribution in [0.1, 0.15) is 24.2 Å². The van der Waals surface area contributed by atoms with Gasteiger partial charge in [-0.3, -0.25) is 10.1 Å². The molecule has 3 N–H and O–H groups in total. The number of carbonyl (C=O) groups is 3. The first-order valence-electron chi connectivity index (χ1n) is 6.13. The molecular formula is C13H15BrN2O4S. The summed E-state index contributed by atoms with van der Waals surface area (Å²) >= 11 is 4.33. The van der Waals surface area contributed by atoms with Crippen LogP contribution in [0.3, 0.4) is 0 Å². The molecule has 0 aliphatic carbocycles. The largest absolute Gasteiger partial charge is 0.478 e. The second-order valence-electron chi connectivity index (χ2n) is 4.06. The van der Waals surface area contributed by atoms with Crippen LogP contribution in [0.5, 0.6) is 0 Å². The van der Waals surface area contributed by atoms with Crippen molar-refractivity contribution in [3.63, 3.8) is 0 Å². The minimum absolute atomic E-state index is 0.122. The first kappa shape index (κ1) is 17.5. The molecular weight excluding hydrogens is 360 g/mol. The van der Waals surface area contributed by atoms with Gasteiger partial charge in [-0.05, 0) is 48.0 Å². The summed E-state index contributed by atoms with van der Waals surface area (Å²) in [4.78, 5) is 34.7. The highest BCUT2D eigenvalue weighted by molar-refractivity contribution is 9.10. The van der Waals surface area contributed by atoms with Crippen molar-refractivity contribution in [1.82, 2.24) is 10.6 Å². The molecule has 0 aliphatic heterocycles. The molecule has 1 atom stereocenters. The van der Waals surface area contributed by atoms with Crippen LogP contribution < -0.4 is 10.6 Å². The third-order valence-electron chi connectivity index (χ3n) is 2.42. The van der Waals surface area contributed by atoms with E-state index in [1.54, 1.807) is 26.0 Å². The number of hydrogen-bond donors (Lipinski definition) is 3. The summed E-state index contributed by atoms with van der Waals surface area (Å²) < 4.78 is 0.471. The number of benzene rings is 1. The summed E-state index contributed by atoms with van der Waals surface area (Å²) in [6.45, 7) is 3.81. The average molecular weight is 375 g/mol. The summed E-state index contributed by atoms with van der Waals surface area (Å²) in [6.07, 6.45) is 0. The van der Waals surface area contributed by atoms with Crippen LogP contribution in [0.2, 0.25) is 0 Å². The summed E-state index contributed by atoms with van der Waals surface area (Å²) in [5, 5.41) is 13.2. The number of aromatic carboxylic acids is 1. The molecule has 1 aromatic carbocycles. The zero-order chi connectivity index (χ0) is 16.0. The highest BCUT2D eigenvalue weighted by Crippen LogP contribution is 2.28. The standard InChI is InChI=1S/C13H15BrN2O4S/c1-3-15-13(20)16-11(17)7(2)21-8-4-5-10(14)9(6-8)12(18)19/h4-7H,3H2,1-2H3,(H,18,19)(H2,15,16,17,20). The van der Waals surface area contributed by atoms with Crippen molar-refractivity contribution in [3.05, 3.63) is 28.2 Å². The number of amides is 3. The Morgan fingerprint density at radius 2 is 2.05 bits per heavy atom. The topological polar surface area (TPSA) is 95.5 Å². The molecule has 1 rings (SSSR count). The Morgan fingerprint density at radius 1 is 1.38 bits per heavy atom. The van der Waals surface area contributed by atoms with Gasteiger partial charge in [-0.15, -0.1) is 11.8 Å². The summed E-state index contributed by atoms with van der Waals surface area (Å²) in [5.74, 6) is -1.49. The number of imide groups is 1. The van der Waals surface area contributed by atoms with Gasteiger partial charge >= 0.3 is 12.0 Å². The monoisotopic (exact) mass is 374 g/mol. The quantitative estimate of drug-likeness (QED) is 0.688. The number of urea groups is 1. The van der Waals surface area contributed by atoms with E-state index in [1.807, 2.05) is 0 Å². The molecule has 0 radical (unpaired) electrons. The van der Waals surface area contributed by atoms with Crippen LogP contribution in [-0.2, 0) is 4.79 Å². The highest BCUT2D eigenvalue weighted by Gasteiger charge is 2.18. The van der Waals surface area contributed by atoms with Gasteiger partial charge in [0.05, 0.1) is 10.8 Å². The van der Waals surface area contributed by atoms with E-state index in [0.717, 1.165) is 0 Å². The molecule has 0 saturated carbocycles. The molecule has 0 bridgehead atoms. The molecule has 1 unspecified atom stereocenters. The van der Waals surface area contributed by atoms with Gasteiger partial charge in [0.15, 0.2) is 0 Å². The fourth-order valence-electron chi connectivity index (χ4n) is 1.42. The number of thioether (sulfide) groups is 1. The van der Waals surface area contributed by atoms with E-state index >= 15 is 0 Å². The average Bonchev–Trinajstić information content (AvgIpc) is 2.40. The summed E-state index contributed by atoms with van der Waals surface area (Å²) in [7, 11) is 0. The highest BCUT2D eigenvalue weighted by atomic mass is 79.9. The number of hydrogen-bond acceptors (Lipinski definition) is 4. The van der Waals surface area contributed by atoms with Gasteiger partial charge in [0.2, 0.25) is 5.91 Å². The minimum atomic E-state index is -1.05. The third-order valence-corrected chi connectivity index (χ3v) is 4.21. The van der Waals surface area contributed by atoms with Crippen molar-refractivity contribution in [2.45, 2.75) is 24.0 Å². The van der Waals surface area contributed by atoms with Crippen LogP contribution in [0.25, 0.3) is 0 Å². The first-order valence-corrected chi connectivity index (χ1v) is 7.80. The lowest BCUT2D eigenvalue weighted by Crippen LogP contribution is -2.42. The normalized spacial score (nSPS) is 11.6. The van der Waals surface area contributed by atoms with Gasteiger partial charge in [-0.25, -0.2) is 9.59 Å². The Kier molecular flexibility index (Phi) is 6.70. The maximum Gasteiger partial charge on any atom is 0.336 e. The fourth-order valence-corrected chi connectivity index (χ4v) is 2.74. The first-order chi connectivity index (χ1) is 9.85. The molecule has 0 heterocycles. The van der Waals surface area contributed by atoms with Gasteiger partial charge in [0.25, 0.3) is 0 Å². The van der Waals surface area contributed by atoms with Gasteiger partial charge in [-0.2, -0.15) is 0 Å². The Labute approximate surface area is 134 Å². The van der Waals surface area contributed by atoms with E-state index < -0.39 is 23.2 Å². The Morgan fingerprint density at radius 3 is 2.62 bits per heavy atom. The van der Waals surface area contributed by atoms with E-state index in [-0.39, 0.29) is 5.56 Å². The molecule has 8 heteroatoms. The van der Waals surface area contributed by atoms with Crippen LogP contribution in [-0.4, -0.2) is 34.8 Å². The van der Waals surface area contributed by atoms with E-state index in [1.165, 1.54) is 17.8 Å². The minimum Gasteiger partial charge on any atom is -0.478 e. The molecule has 6 nitrogen and oxygen atoms in total. The van der Waals surface area contributed by atoms with Crippen molar-refractivity contribution in [2.75, 3.05) is 6.54 Å². The zero-order valence-electron chi connectivity index (χ0n) is 11.5. The number of carbonyl (C=O) groups excluding carboxylic acids is 2. The maximum atomic E-state index is 11.8. The molecule has 114 valence electrons. The summed E-state index contributed by atoms with van der Waals surface area (Å²) in [5.41, 5.74) is 0.122. The Bertz CT molecular complexity index is 565. The Hall–Kier alpha value is -1.54. The van der Waals surface area contributed by atoms with Crippen LogP contribution >= 0.6 is 27.7 Å². The van der Waals surface area contributed by atoms with Crippen molar-refractivity contribution in [3.8, 4) is 0 Å². The van der Waals surface area contributed by atoms with Crippen LogP contribution in [0.15, 0.2) is 27.6 Å². The lowest BCUT2D eigenvalue weighted by atomic mass is 10.2. The van der Waals surface area contributed by atoms with Crippen LogP contribution in [0.4, 0.5) is 4.79 Å². The van der Waals surface area contributed by atoms with Crippen molar-refractivity contribution >= 4 is 45.6 Å². The molecule has 0 aliphatic rings. The number of halogens is 1. The van der Waals surface area contributed by atoms with Gasteiger partial charge in [0.1, 0.15) is 0 Å². The van der Waals surface area contributed by atoms with Crippen molar-refractivity contribution < 1.29 is 19.5 Å². The number of nitrogens with one attached hydrogen (secondary N) is 2. The fraction of sp³-hybridized carbons (Fsp3) is 0.308. The predicted octanol–water partition coefficient (Wildman–Crippen LogP) is 2.47. The van der Waals surface area contributed by atoms with Gasteiger partial charge < -0.3 is 10.4 Å². The molecule has 0 fully saturated rings. The SMILES string of the molecule is CCNC(=O)NC(=O)C(C)Sc1ccc(Br)c(C(=O)O)c1. The van der Waals surface area contributed by atoms with E-state index in [9.17, 15) is 14.4 Å².